The predicted molar refractivity (Wildman–Crippen MR) is 58.0 cm³/mol. The van der Waals surface area contributed by atoms with Crippen LogP contribution in [0.3, 0.4) is 0 Å². The minimum Gasteiger partial charge on any atom is -0.467 e. The van der Waals surface area contributed by atoms with E-state index in [9.17, 15) is 4.79 Å². The molecule has 0 aliphatic heterocycles. The maximum absolute atomic E-state index is 11.8. The molecule has 1 atom stereocenters. The third-order valence-electron chi connectivity index (χ3n) is 2.35. The minimum atomic E-state index is -0.440. The number of likely N-dealkylation sites (N-methyl/N-ethyl adjacent to an activating group) is 1. The molecule has 1 rings (SSSR count). The van der Waals surface area contributed by atoms with Crippen molar-refractivity contribution in [2.45, 2.75) is 26.4 Å². The largest absolute Gasteiger partial charge is 0.467 e. The van der Waals surface area contributed by atoms with Crippen LogP contribution < -0.4 is 5.73 Å². The van der Waals surface area contributed by atoms with Crippen molar-refractivity contribution in [1.82, 2.24) is 4.90 Å². The molecule has 1 amide bonds. The first-order valence-corrected chi connectivity index (χ1v) is 5.05. The van der Waals surface area contributed by atoms with Gasteiger partial charge in [0.1, 0.15) is 5.76 Å². The van der Waals surface area contributed by atoms with E-state index >= 15 is 0 Å². The van der Waals surface area contributed by atoms with E-state index in [1.54, 1.807) is 24.3 Å². The Balaban J connectivity index is 2.54. The van der Waals surface area contributed by atoms with Crippen molar-refractivity contribution in [3.63, 3.8) is 0 Å². The van der Waals surface area contributed by atoms with Crippen LogP contribution in [0.25, 0.3) is 0 Å². The van der Waals surface area contributed by atoms with Crippen molar-refractivity contribution in [2.75, 3.05) is 7.05 Å². The number of rotatable bonds is 4. The fourth-order valence-corrected chi connectivity index (χ4v) is 1.25. The van der Waals surface area contributed by atoms with Crippen molar-refractivity contribution < 1.29 is 9.21 Å². The number of amides is 1. The lowest BCUT2D eigenvalue weighted by Crippen LogP contribution is -2.44. The highest BCUT2D eigenvalue weighted by molar-refractivity contribution is 5.81. The lowest BCUT2D eigenvalue weighted by atomic mass is 10.0. The van der Waals surface area contributed by atoms with Crippen LogP contribution in [0.2, 0.25) is 0 Å². The van der Waals surface area contributed by atoms with Gasteiger partial charge in [0.15, 0.2) is 0 Å². The highest BCUT2D eigenvalue weighted by Gasteiger charge is 2.21. The zero-order valence-electron chi connectivity index (χ0n) is 9.43. The summed E-state index contributed by atoms with van der Waals surface area (Å²) in [6.07, 6.45) is 1.59. The summed E-state index contributed by atoms with van der Waals surface area (Å²) in [5.74, 6) is 0.861. The lowest BCUT2D eigenvalue weighted by molar-refractivity contribution is -0.133. The molecule has 0 saturated heterocycles. The van der Waals surface area contributed by atoms with Gasteiger partial charge in [-0.05, 0) is 18.1 Å². The van der Waals surface area contributed by atoms with Gasteiger partial charge in [-0.15, -0.1) is 0 Å². The molecule has 0 bridgehead atoms. The van der Waals surface area contributed by atoms with Crippen LogP contribution in [0.4, 0.5) is 0 Å². The molecule has 1 aromatic heterocycles. The molecular formula is C11H18N2O2. The van der Waals surface area contributed by atoms with Crippen molar-refractivity contribution in [1.29, 1.82) is 0 Å². The molecule has 84 valence electrons. The van der Waals surface area contributed by atoms with Gasteiger partial charge in [-0.3, -0.25) is 4.79 Å². The smallest absolute Gasteiger partial charge is 0.239 e. The molecule has 0 radical (unpaired) electrons. The van der Waals surface area contributed by atoms with Crippen molar-refractivity contribution in [3.8, 4) is 0 Å². The van der Waals surface area contributed by atoms with E-state index < -0.39 is 6.04 Å². The first-order valence-electron chi connectivity index (χ1n) is 5.05. The van der Waals surface area contributed by atoms with Crippen LogP contribution in [0.1, 0.15) is 19.6 Å². The Hall–Kier alpha value is -1.29. The van der Waals surface area contributed by atoms with Gasteiger partial charge < -0.3 is 15.1 Å². The zero-order valence-corrected chi connectivity index (χ0v) is 9.43. The molecule has 1 aromatic rings. The molecule has 4 nitrogen and oxygen atoms in total. The Morgan fingerprint density at radius 2 is 2.27 bits per heavy atom. The lowest BCUT2D eigenvalue weighted by Gasteiger charge is -2.22. The summed E-state index contributed by atoms with van der Waals surface area (Å²) < 4.78 is 5.16. The third kappa shape index (κ3) is 3.09. The van der Waals surface area contributed by atoms with Crippen molar-refractivity contribution in [3.05, 3.63) is 24.2 Å². The summed E-state index contributed by atoms with van der Waals surface area (Å²) in [6.45, 7) is 4.33. The molecule has 0 saturated carbocycles. The Morgan fingerprint density at radius 1 is 1.60 bits per heavy atom. The molecule has 0 aliphatic carbocycles. The summed E-state index contributed by atoms with van der Waals surface area (Å²) in [7, 11) is 1.73. The highest BCUT2D eigenvalue weighted by Crippen LogP contribution is 2.07. The second-order valence-corrected chi connectivity index (χ2v) is 4.04. The summed E-state index contributed by atoms with van der Waals surface area (Å²) in [6, 6.07) is 3.20. The number of nitrogens with zero attached hydrogens (tertiary/aromatic N) is 1. The van der Waals surface area contributed by atoms with Crippen LogP contribution >= 0.6 is 0 Å². The monoisotopic (exact) mass is 210 g/mol. The highest BCUT2D eigenvalue weighted by atomic mass is 16.3. The standard InChI is InChI=1S/C11H18N2O2/c1-8(2)10(12)11(14)13(3)7-9-5-4-6-15-9/h4-6,8,10H,7,12H2,1-3H3/t10-/m1/s1. The topological polar surface area (TPSA) is 59.5 Å². The van der Waals surface area contributed by atoms with Gasteiger partial charge in [0, 0.05) is 7.05 Å². The van der Waals surface area contributed by atoms with E-state index in [0.717, 1.165) is 5.76 Å². The molecule has 1 heterocycles. The van der Waals surface area contributed by atoms with E-state index in [0.29, 0.717) is 6.54 Å². The Morgan fingerprint density at radius 3 is 2.73 bits per heavy atom. The number of hydrogen-bond acceptors (Lipinski definition) is 3. The second kappa shape index (κ2) is 4.98. The molecule has 0 aliphatic rings. The third-order valence-corrected chi connectivity index (χ3v) is 2.35. The van der Waals surface area contributed by atoms with E-state index in [1.165, 1.54) is 0 Å². The van der Waals surface area contributed by atoms with Crippen molar-refractivity contribution in [2.24, 2.45) is 11.7 Å². The Labute approximate surface area is 90.0 Å². The van der Waals surface area contributed by atoms with E-state index in [-0.39, 0.29) is 11.8 Å². The maximum Gasteiger partial charge on any atom is 0.239 e. The van der Waals surface area contributed by atoms with Crippen molar-refractivity contribution >= 4 is 5.91 Å². The average molecular weight is 210 g/mol. The molecule has 0 spiro atoms. The normalized spacial score (nSPS) is 12.9. The summed E-state index contributed by atoms with van der Waals surface area (Å²) in [5.41, 5.74) is 5.77. The number of nitrogens with two attached hydrogens (primary N) is 1. The van der Waals surface area contributed by atoms with Gasteiger partial charge in [0.2, 0.25) is 5.91 Å². The predicted octanol–water partition coefficient (Wildman–Crippen LogP) is 1.22. The maximum atomic E-state index is 11.8. The summed E-state index contributed by atoms with van der Waals surface area (Å²) in [4.78, 5) is 13.4. The number of carbonyl (C=O) groups is 1. The minimum absolute atomic E-state index is 0.0543. The average Bonchev–Trinajstić information content (AvgIpc) is 2.67. The molecule has 2 N–H and O–H groups in total. The van der Waals surface area contributed by atoms with Gasteiger partial charge in [-0.1, -0.05) is 13.8 Å². The molecular weight excluding hydrogens is 192 g/mol. The Bertz CT molecular complexity index is 306. The van der Waals surface area contributed by atoms with E-state index in [4.69, 9.17) is 10.2 Å². The second-order valence-electron chi connectivity index (χ2n) is 4.04. The van der Waals surface area contributed by atoms with Crippen LogP contribution in [0.5, 0.6) is 0 Å². The molecule has 4 heteroatoms. The van der Waals surface area contributed by atoms with Crippen LogP contribution in [0, 0.1) is 5.92 Å². The van der Waals surface area contributed by atoms with E-state index in [1.807, 2.05) is 19.9 Å². The fourth-order valence-electron chi connectivity index (χ4n) is 1.25. The van der Waals surface area contributed by atoms with Gasteiger partial charge in [-0.25, -0.2) is 0 Å². The number of hydrogen-bond donors (Lipinski definition) is 1. The van der Waals surface area contributed by atoms with E-state index in [2.05, 4.69) is 0 Å². The van der Waals surface area contributed by atoms with Crippen LogP contribution in [-0.4, -0.2) is 23.9 Å². The van der Waals surface area contributed by atoms with Crippen LogP contribution in [0.15, 0.2) is 22.8 Å². The molecule has 0 unspecified atom stereocenters. The molecule has 15 heavy (non-hydrogen) atoms. The first-order chi connectivity index (χ1) is 7.02. The number of carbonyl (C=O) groups excluding carboxylic acids is 1. The summed E-state index contributed by atoms with van der Waals surface area (Å²) in [5, 5.41) is 0. The van der Waals surface area contributed by atoms with Crippen LogP contribution in [-0.2, 0) is 11.3 Å². The van der Waals surface area contributed by atoms with Gasteiger partial charge in [-0.2, -0.15) is 0 Å². The SMILES string of the molecule is CC(C)[C@@H](N)C(=O)N(C)Cc1ccco1. The summed E-state index contributed by atoms with van der Waals surface area (Å²) >= 11 is 0. The van der Waals surface area contributed by atoms with Gasteiger partial charge in [0.25, 0.3) is 0 Å². The zero-order chi connectivity index (χ0) is 11.4. The molecule has 0 fully saturated rings. The quantitative estimate of drug-likeness (QED) is 0.813. The fraction of sp³-hybridized carbons (Fsp3) is 0.545. The van der Waals surface area contributed by atoms with Gasteiger partial charge in [0.05, 0.1) is 18.8 Å². The molecule has 0 aromatic carbocycles. The number of furan rings is 1. The first kappa shape index (κ1) is 11.8. The van der Waals surface area contributed by atoms with Gasteiger partial charge >= 0.3 is 0 Å². The Kier molecular flexibility index (Phi) is 3.91.